The van der Waals surface area contributed by atoms with Crippen molar-refractivity contribution in [2.24, 2.45) is 0 Å². The molecule has 2 aromatic rings. The Balaban J connectivity index is 2.29. The molecule has 0 atom stereocenters. The molecule has 0 aliphatic rings. The fourth-order valence-electron chi connectivity index (χ4n) is 1.54. The molecule has 0 unspecified atom stereocenters. The molecular formula is C13H9ClFNO3. The van der Waals surface area contributed by atoms with Crippen molar-refractivity contribution in [2.45, 2.75) is 5.88 Å². The van der Waals surface area contributed by atoms with Gasteiger partial charge < -0.3 is 4.74 Å². The van der Waals surface area contributed by atoms with Crippen LogP contribution in [-0.4, -0.2) is 4.92 Å². The summed E-state index contributed by atoms with van der Waals surface area (Å²) in [5.74, 6) is -0.0108. The number of para-hydroxylation sites is 1. The number of benzene rings is 2. The second-order valence-electron chi connectivity index (χ2n) is 3.71. The first-order chi connectivity index (χ1) is 9.11. The standard InChI is InChI=1S/C13H9ClFNO3/c14-8-9-3-1-2-4-13(9)19-10-5-6-12(16(17)18)11(15)7-10/h1-7H,8H2. The second kappa shape index (κ2) is 5.67. The number of halogens is 2. The normalized spacial score (nSPS) is 10.2. The maximum atomic E-state index is 13.4. The Hall–Kier alpha value is -2.14. The van der Waals surface area contributed by atoms with Crippen molar-refractivity contribution in [3.63, 3.8) is 0 Å². The third kappa shape index (κ3) is 3.00. The number of ether oxygens (including phenoxy) is 1. The second-order valence-corrected chi connectivity index (χ2v) is 3.98. The number of alkyl halides is 1. The third-order valence-electron chi connectivity index (χ3n) is 2.46. The van der Waals surface area contributed by atoms with Crippen LogP contribution >= 0.6 is 11.6 Å². The van der Waals surface area contributed by atoms with Gasteiger partial charge in [0.1, 0.15) is 11.5 Å². The molecule has 4 nitrogen and oxygen atoms in total. The lowest BCUT2D eigenvalue weighted by atomic mass is 10.2. The van der Waals surface area contributed by atoms with E-state index in [0.29, 0.717) is 5.75 Å². The van der Waals surface area contributed by atoms with Crippen molar-refractivity contribution in [2.75, 3.05) is 0 Å². The van der Waals surface area contributed by atoms with Gasteiger partial charge in [0.25, 0.3) is 0 Å². The SMILES string of the molecule is O=[N+]([O-])c1ccc(Oc2ccccc2CCl)cc1F. The Labute approximate surface area is 113 Å². The Kier molecular flexibility index (Phi) is 3.97. The van der Waals surface area contributed by atoms with E-state index in [0.717, 1.165) is 17.7 Å². The molecule has 0 N–H and O–H groups in total. The largest absolute Gasteiger partial charge is 0.457 e. The van der Waals surface area contributed by atoms with Crippen LogP contribution in [0.4, 0.5) is 10.1 Å². The zero-order valence-electron chi connectivity index (χ0n) is 9.68. The first kappa shape index (κ1) is 13.3. The van der Waals surface area contributed by atoms with Crippen LogP contribution in [0.2, 0.25) is 0 Å². The molecule has 0 heterocycles. The highest BCUT2D eigenvalue weighted by molar-refractivity contribution is 6.17. The van der Waals surface area contributed by atoms with E-state index in [1.165, 1.54) is 6.07 Å². The van der Waals surface area contributed by atoms with Crippen LogP contribution in [0, 0.1) is 15.9 Å². The quantitative estimate of drug-likeness (QED) is 0.478. The predicted molar refractivity (Wildman–Crippen MR) is 69.1 cm³/mol. The van der Waals surface area contributed by atoms with Crippen molar-refractivity contribution in [3.05, 3.63) is 64.0 Å². The molecule has 0 amide bonds. The zero-order chi connectivity index (χ0) is 13.8. The summed E-state index contributed by atoms with van der Waals surface area (Å²) in [5.41, 5.74) is 0.168. The molecular weight excluding hydrogens is 273 g/mol. The summed E-state index contributed by atoms with van der Waals surface area (Å²) in [4.78, 5) is 9.71. The highest BCUT2D eigenvalue weighted by Gasteiger charge is 2.15. The first-order valence-corrected chi connectivity index (χ1v) is 5.91. The molecule has 0 radical (unpaired) electrons. The van der Waals surface area contributed by atoms with Crippen molar-refractivity contribution in [1.29, 1.82) is 0 Å². The van der Waals surface area contributed by atoms with Gasteiger partial charge in [-0.3, -0.25) is 10.1 Å². The summed E-state index contributed by atoms with van der Waals surface area (Å²) in [7, 11) is 0. The Bertz CT molecular complexity index is 619. The number of rotatable bonds is 4. The zero-order valence-corrected chi connectivity index (χ0v) is 10.4. The molecule has 0 saturated carbocycles. The summed E-state index contributed by atoms with van der Waals surface area (Å²) in [6, 6.07) is 10.4. The molecule has 2 aromatic carbocycles. The predicted octanol–water partition coefficient (Wildman–Crippen LogP) is 4.27. The molecule has 0 aromatic heterocycles. The van der Waals surface area contributed by atoms with E-state index in [1.807, 2.05) is 0 Å². The van der Waals surface area contributed by atoms with E-state index in [4.69, 9.17) is 16.3 Å². The summed E-state index contributed by atoms with van der Waals surface area (Å²) >= 11 is 5.75. The number of nitro benzene ring substituents is 1. The molecule has 19 heavy (non-hydrogen) atoms. The topological polar surface area (TPSA) is 52.4 Å². The van der Waals surface area contributed by atoms with Crippen LogP contribution in [0.5, 0.6) is 11.5 Å². The number of hydrogen-bond donors (Lipinski definition) is 0. The smallest absolute Gasteiger partial charge is 0.305 e. The minimum Gasteiger partial charge on any atom is -0.457 e. The molecule has 0 aliphatic heterocycles. The average molecular weight is 282 g/mol. The molecule has 6 heteroatoms. The Morgan fingerprint density at radius 1 is 1.26 bits per heavy atom. The van der Waals surface area contributed by atoms with Gasteiger partial charge in [0, 0.05) is 17.7 Å². The van der Waals surface area contributed by atoms with E-state index in [9.17, 15) is 14.5 Å². The summed E-state index contributed by atoms with van der Waals surface area (Å²) in [5, 5.41) is 10.5. The molecule has 2 rings (SSSR count). The summed E-state index contributed by atoms with van der Waals surface area (Å²) < 4.78 is 18.9. The van der Waals surface area contributed by atoms with Crippen molar-refractivity contribution < 1.29 is 14.1 Å². The minimum absolute atomic E-state index is 0.181. The van der Waals surface area contributed by atoms with Crippen LogP contribution in [0.25, 0.3) is 0 Å². The van der Waals surface area contributed by atoms with Crippen LogP contribution in [0.15, 0.2) is 42.5 Å². The fraction of sp³-hybridized carbons (Fsp3) is 0.0769. The van der Waals surface area contributed by atoms with Crippen LogP contribution in [-0.2, 0) is 5.88 Å². The van der Waals surface area contributed by atoms with Gasteiger partial charge in [-0.15, -0.1) is 11.6 Å². The van der Waals surface area contributed by atoms with Gasteiger partial charge in [-0.1, -0.05) is 18.2 Å². The molecule has 0 aliphatic carbocycles. The lowest BCUT2D eigenvalue weighted by molar-refractivity contribution is -0.387. The lowest BCUT2D eigenvalue weighted by Gasteiger charge is -2.09. The minimum atomic E-state index is -0.939. The number of nitro groups is 1. The fourth-order valence-corrected chi connectivity index (χ4v) is 1.76. The Morgan fingerprint density at radius 3 is 2.63 bits per heavy atom. The van der Waals surface area contributed by atoms with E-state index in [2.05, 4.69) is 0 Å². The molecule has 0 saturated heterocycles. The van der Waals surface area contributed by atoms with Crippen LogP contribution in [0.1, 0.15) is 5.56 Å². The van der Waals surface area contributed by atoms with E-state index >= 15 is 0 Å². The van der Waals surface area contributed by atoms with Gasteiger partial charge in [-0.2, -0.15) is 4.39 Å². The van der Waals surface area contributed by atoms with E-state index in [1.54, 1.807) is 24.3 Å². The van der Waals surface area contributed by atoms with Crippen LogP contribution in [0.3, 0.4) is 0 Å². The molecule has 0 fully saturated rings. The maximum absolute atomic E-state index is 13.4. The average Bonchev–Trinajstić information content (AvgIpc) is 2.39. The van der Waals surface area contributed by atoms with Gasteiger partial charge >= 0.3 is 5.69 Å². The maximum Gasteiger partial charge on any atom is 0.305 e. The molecule has 98 valence electrons. The van der Waals surface area contributed by atoms with Crippen molar-refractivity contribution >= 4 is 17.3 Å². The highest BCUT2D eigenvalue weighted by Crippen LogP contribution is 2.29. The highest BCUT2D eigenvalue weighted by atomic mass is 35.5. The van der Waals surface area contributed by atoms with Crippen LogP contribution < -0.4 is 4.74 Å². The monoisotopic (exact) mass is 281 g/mol. The lowest BCUT2D eigenvalue weighted by Crippen LogP contribution is -1.94. The molecule has 0 bridgehead atoms. The van der Waals surface area contributed by atoms with E-state index < -0.39 is 16.4 Å². The van der Waals surface area contributed by atoms with Gasteiger partial charge in [-0.05, 0) is 12.1 Å². The van der Waals surface area contributed by atoms with Crippen molar-refractivity contribution in [3.8, 4) is 11.5 Å². The van der Waals surface area contributed by atoms with Gasteiger partial charge in [0.15, 0.2) is 0 Å². The summed E-state index contributed by atoms with van der Waals surface area (Å²) in [6.45, 7) is 0. The van der Waals surface area contributed by atoms with Crippen molar-refractivity contribution in [1.82, 2.24) is 0 Å². The number of nitrogens with zero attached hydrogens (tertiary/aromatic N) is 1. The summed E-state index contributed by atoms with van der Waals surface area (Å²) in [6.07, 6.45) is 0. The van der Waals surface area contributed by atoms with Gasteiger partial charge in [0.05, 0.1) is 10.8 Å². The van der Waals surface area contributed by atoms with E-state index in [-0.39, 0.29) is 11.6 Å². The van der Waals surface area contributed by atoms with Gasteiger partial charge in [-0.25, -0.2) is 0 Å². The first-order valence-electron chi connectivity index (χ1n) is 5.37. The Morgan fingerprint density at radius 2 is 2.00 bits per heavy atom. The molecule has 0 spiro atoms. The third-order valence-corrected chi connectivity index (χ3v) is 2.75. The number of hydrogen-bond acceptors (Lipinski definition) is 3. The van der Waals surface area contributed by atoms with Gasteiger partial charge in [0.2, 0.25) is 5.82 Å².